The van der Waals surface area contributed by atoms with Crippen molar-refractivity contribution in [3.05, 3.63) is 0 Å². The summed E-state index contributed by atoms with van der Waals surface area (Å²) in [6.45, 7) is 14.1. The summed E-state index contributed by atoms with van der Waals surface area (Å²) in [6, 6.07) is 0. The SMILES string of the molecule is CC1(C)C2CC[C@@]1(C)/C(=N/O)C2[Se][Se]C1/C(=N\O)[C@]2(C)CCC1C2(C)C. The molecule has 4 fully saturated rings. The first-order valence-electron chi connectivity index (χ1n) is 9.83. The topological polar surface area (TPSA) is 65.2 Å². The van der Waals surface area contributed by atoms with Crippen molar-refractivity contribution in [3.8, 4) is 0 Å². The molecule has 4 saturated carbocycles. The molecule has 0 aromatic carbocycles. The maximum atomic E-state index is 9.82. The zero-order valence-electron chi connectivity index (χ0n) is 16.7. The predicted octanol–water partition coefficient (Wildman–Crippen LogP) is 4.46. The van der Waals surface area contributed by atoms with Gasteiger partial charge in [0.15, 0.2) is 0 Å². The van der Waals surface area contributed by atoms with Gasteiger partial charge in [-0.25, -0.2) is 0 Å². The van der Waals surface area contributed by atoms with Crippen molar-refractivity contribution in [2.24, 2.45) is 43.8 Å². The van der Waals surface area contributed by atoms with Crippen molar-refractivity contribution in [2.75, 3.05) is 0 Å². The van der Waals surface area contributed by atoms with Crippen LogP contribution in [0.5, 0.6) is 0 Å². The second-order valence-corrected chi connectivity index (χ2v) is 17.5. The van der Waals surface area contributed by atoms with E-state index < -0.39 is 0 Å². The Morgan fingerprint density at radius 3 is 1.38 bits per heavy atom. The minimum absolute atomic E-state index is 0.0583. The molecule has 4 aliphatic rings. The third-order valence-corrected chi connectivity index (χ3v) is 18.6. The van der Waals surface area contributed by atoms with Crippen LogP contribution in [0.25, 0.3) is 0 Å². The van der Waals surface area contributed by atoms with Crippen molar-refractivity contribution in [1.82, 2.24) is 0 Å². The van der Waals surface area contributed by atoms with Crippen molar-refractivity contribution in [2.45, 2.75) is 76.9 Å². The van der Waals surface area contributed by atoms with Gasteiger partial charge in [-0.3, -0.25) is 0 Å². The van der Waals surface area contributed by atoms with Gasteiger partial charge in [0.2, 0.25) is 0 Å². The Morgan fingerprint density at radius 1 is 0.731 bits per heavy atom. The van der Waals surface area contributed by atoms with Crippen molar-refractivity contribution >= 4 is 37.7 Å². The molecule has 0 spiro atoms. The molecule has 0 heterocycles. The van der Waals surface area contributed by atoms with Gasteiger partial charge in [0.1, 0.15) is 0 Å². The van der Waals surface area contributed by atoms with Crippen LogP contribution in [-0.4, -0.2) is 48.1 Å². The molecule has 0 saturated heterocycles. The molecule has 0 radical (unpaired) electrons. The van der Waals surface area contributed by atoms with Crippen LogP contribution in [0.1, 0.15) is 67.2 Å². The average Bonchev–Trinajstić information content (AvgIpc) is 3.07. The first kappa shape index (κ1) is 19.3. The van der Waals surface area contributed by atoms with E-state index in [4.69, 9.17) is 0 Å². The predicted molar refractivity (Wildman–Crippen MR) is 107 cm³/mol. The minimum atomic E-state index is 0.0583. The van der Waals surface area contributed by atoms with E-state index in [-0.39, 0.29) is 21.7 Å². The van der Waals surface area contributed by atoms with Crippen LogP contribution in [0.2, 0.25) is 9.63 Å². The number of oxime groups is 2. The fourth-order valence-corrected chi connectivity index (χ4v) is 19.0. The normalized spacial score (nSPS) is 51.0. The van der Waals surface area contributed by atoms with Crippen molar-refractivity contribution in [1.29, 1.82) is 0 Å². The number of hydrogen-bond acceptors (Lipinski definition) is 4. The third kappa shape index (κ3) is 2.03. The molecule has 4 nitrogen and oxygen atoms in total. The van der Waals surface area contributed by atoms with E-state index in [0.29, 0.717) is 47.7 Å². The van der Waals surface area contributed by atoms with Gasteiger partial charge in [-0.1, -0.05) is 0 Å². The molecule has 0 amide bonds. The summed E-state index contributed by atoms with van der Waals surface area (Å²) in [5, 5.41) is 27.3. The molecule has 6 heteroatoms. The Hall–Kier alpha value is -0.0210. The summed E-state index contributed by atoms with van der Waals surface area (Å²) < 4.78 is 0. The van der Waals surface area contributed by atoms with Crippen LogP contribution < -0.4 is 0 Å². The Bertz CT molecular complexity index is 631. The summed E-state index contributed by atoms with van der Waals surface area (Å²) in [6.07, 6.45) is 4.85. The third-order valence-electron chi connectivity index (χ3n) is 9.49. The van der Waals surface area contributed by atoms with Gasteiger partial charge in [0, 0.05) is 0 Å². The van der Waals surface area contributed by atoms with Crippen LogP contribution in [-0.2, 0) is 0 Å². The van der Waals surface area contributed by atoms with E-state index in [1.54, 1.807) is 0 Å². The standard InChI is InChI=1S/C20H32N2O2Se2/c1-17(2)11-7-9-19(17,5)15(21-23)13(11)25-26-14-12-8-10-20(6,16(14)22-24)18(12,3)4/h11-14,23-24H,7-10H2,1-6H3/b21-15+,22-16+/t11?,12?,13?,14?,19-,20-/m0/s1. The van der Waals surface area contributed by atoms with E-state index in [0.717, 1.165) is 24.3 Å². The molecule has 6 atom stereocenters. The van der Waals surface area contributed by atoms with Gasteiger partial charge < -0.3 is 0 Å². The van der Waals surface area contributed by atoms with Gasteiger partial charge in [-0.2, -0.15) is 0 Å². The fourth-order valence-electron chi connectivity index (χ4n) is 6.74. The molecule has 2 N–H and O–H groups in total. The molecular formula is C20H32N2O2Se2. The van der Waals surface area contributed by atoms with E-state index in [1.807, 2.05) is 0 Å². The number of nitrogens with zero attached hydrogens (tertiary/aromatic N) is 2. The summed E-state index contributed by atoms with van der Waals surface area (Å²) in [5.74, 6) is 1.30. The molecule has 4 bridgehead atoms. The Labute approximate surface area is 168 Å². The van der Waals surface area contributed by atoms with E-state index in [9.17, 15) is 10.4 Å². The average molecular weight is 490 g/mol. The van der Waals surface area contributed by atoms with E-state index >= 15 is 0 Å². The fraction of sp³-hybridized carbons (Fsp3) is 0.900. The Kier molecular flexibility index (Phi) is 4.27. The maximum absolute atomic E-state index is 9.82. The van der Waals surface area contributed by atoms with Crippen LogP contribution in [0.3, 0.4) is 0 Å². The van der Waals surface area contributed by atoms with Crippen molar-refractivity contribution in [3.63, 3.8) is 0 Å². The van der Waals surface area contributed by atoms with Gasteiger partial charge in [-0.15, -0.1) is 0 Å². The monoisotopic (exact) mass is 492 g/mol. The molecule has 4 unspecified atom stereocenters. The molecule has 0 aliphatic heterocycles. The quantitative estimate of drug-likeness (QED) is 0.349. The summed E-state index contributed by atoms with van der Waals surface area (Å²) in [4.78, 5) is 0.937. The zero-order valence-corrected chi connectivity index (χ0v) is 20.2. The van der Waals surface area contributed by atoms with Crippen LogP contribution >= 0.6 is 0 Å². The molecule has 146 valence electrons. The molecule has 26 heavy (non-hydrogen) atoms. The first-order chi connectivity index (χ1) is 12.1. The van der Waals surface area contributed by atoms with Crippen LogP contribution in [0.15, 0.2) is 10.3 Å². The van der Waals surface area contributed by atoms with Gasteiger partial charge in [0.25, 0.3) is 0 Å². The molecular weight excluding hydrogens is 458 g/mol. The molecule has 4 rings (SSSR count). The van der Waals surface area contributed by atoms with Gasteiger partial charge in [-0.05, 0) is 0 Å². The van der Waals surface area contributed by atoms with Crippen molar-refractivity contribution < 1.29 is 10.4 Å². The summed E-state index contributed by atoms with van der Waals surface area (Å²) >= 11 is 0.873. The second kappa shape index (κ2) is 5.75. The summed E-state index contributed by atoms with van der Waals surface area (Å²) in [7, 11) is 0. The molecule has 0 aromatic heterocycles. The molecule has 4 aliphatic carbocycles. The van der Waals surface area contributed by atoms with E-state index in [1.165, 1.54) is 12.8 Å². The van der Waals surface area contributed by atoms with Crippen LogP contribution in [0.4, 0.5) is 0 Å². The Balaban J connectivity index is 1.57. The second-order valence-electron chi connectivity index (χ2n) is 10.4. The molecule has 0 aromatic rings. The first-order valence-corrected chi connectivity index (χ1v) is 16.1. The van der Waals surface area contributed by atoms with Crippen LogP contribution in [0, 0.1) is 33.5 Å². The Morgan fingerprint density at radius 2 is 1.08 bits per heavy atom. The number of fused-ring (bicyclic) bond motifs is 4. The summed E-state index contributed by atoms with van der Waals surface area (Å²) in [5.41, 5.74) is 2.73. The number of rotatable bonds is 3. The number of hydrogen-bond donors (Lipinski definition) is 2. The zero-order chi connectivity index (χ0) is 19.1. The van der Waals surface area contributed by atoms with E-state index in [2.05, 4.69) is 51.9 Å². The van der Waals surface area contributed by atoms with Gasteiger partial charge >= 0.3 is 169 Å². The van der Waals surface area contributed by atoms with Gasteiger partial charge in [0.05, 0.1) is 0 Å².